The standard InChI is InChI=1S/C37H44N2O8/c1-25(45-26(2)41)35(42)38-22-28-4-3-5-32(20-28)29-10-12-31(13-11-29)36-46-33(21-34(47-36)30-8-6-27(24-40)7-9-30)23-39-16-14-37(15-17-39)43-18-19-44-37/h3-13,20,25,33-34,36,40H,14-19,21-24H2,1-2H3,(H,38,42)/t25-,33+,34-,36-/m0/s1. The number of rotatable bonds is 10. The highest BCUT2D eigenvalue weighted by Gasteiger charge is 2.41. The Hall–Kier alpha value is -3.64. The predicted molar refractivity (Wildman–Crippen MR) is 174 cm³/mol. The number of aliphatic hydroxyl groups is 1. The number of ether oxygens (including phenoxy) is 5. The van der Waals surface area contributed by atoms with Crippen LogP contribution >= 0.6 is 0 Å². The van der Waals surface area contributed by atoms with Gasteiger partial charge in [-0.2, -0.15) is 0 Å². The molecule has 3 aromatic carbocycles. The van der Waals surface area contributed by atoms with Gasteiger partial charge in [0.2, 0.25) is 0 Å². The topological polar surface area (TPSA) is 116 Å². The van der Waals surface area contributed by atoms with E-state index in [2.05, 4.69) is 22.3 Å². The van der Waals surface area contributed by atoms with Crippen LogP contribution in [0.3, 0.4) is 0 Å². The lowest BCUT2D eigenvalue weighted by atomic mass is 9.98. The SMILES string of the molecule is CC(=O)O[C@@H](C)C(=O)NCc1cccc(-c2ccc([C@H]3O[C@@H](CN4CCC5(CC4)OCCO5)C[C@@H](c4ccc(CO)cc4)O3)cc2)c1. The van der Waals surface area contributed by atoms with Gasteiger partial charge in [0.25, 0.3) is 5.91 Å². The summed E-state index contributed by atoms with van der Waals surface area (Å²) >= 11 is 0. The Balaban J connectivity index is 1.13. The van der Waals surface area contributed by atoms with Crippen LogP contribution in [-0.2, 0) is 46.4 Å². The van der Waals surface area contributed by atoms with E-state index < -0.39 is 24.2 Å². The van der Waals surface area contributed by atoms with Crippen molar-refractivity contribution in [2.45, 2.75) is 76.7 Å². The van der Waals surface area contributed by atoms with Crippen LogP contribution in [0.4, 0.5) is 0 Å². The fraction of sp³-hybridized carbons (Fsp3) is 0.459. The molecule has 250 valence electrons. The first-order valence-corrected chi connectivity index (χ1v) is 16.4. The van der Waals surface area contributed by atoms with Crippen molar-refractivity contribution >= 4 is 11.9 Å². The van der Waals surface area contributed by atoms with Crippen LogP contribution < -0.4 is 5.32 Å². The van der Waals surface area contributed by atoms with Crippen molar-refractivity contribution in [1.82, 2.24) is 10.2 Å². The number of carbonyl (C=O) groups is 2. The first kappa shape index (κ1) is 33.3. The smallest absolute Gasteiger partial charge is 0.303 e. The highest BCUT2D eigenvalue weighted by molar-refractivity contribution is 5.82. The minimum absolute atomic E-state index is 0.00320. The summed E-state index contributed by atoms with van der Waals surface area (Å²) in [6.07, 6.45) is 0.862. The van der Waals surface area contributed by atoms with Crippen molar-refractivity contribution in [3.63, 3.8) is 0 Å². The molecule has 0 aliphatic carbocycles. The number of nitrogens with one attached hydrogen (secondary N) is 1. The molecule has 0 radical (unpaired) electrons. The maximum absolute atomic E-state index is 12.3. The number of esters is 1. The second-order valence-corrected chi connectivity index (χ2v) is 12.6. The molecule has 0 unspecified atom stereocenters. The average Bonchev–Trinajstić information content (AvgIpc) is 3.56. The Morgan fingerprint density at radius 2 is 1.64 bits per heavy atom. The third-order valence-electron chi connectivity index (χ3n) is 9.13. The van der Waals surface area contributed by atoms with Crippen LogP contribution in [0.25, 0.3) is 11.1 Å². The summed E-state index contributed by atoms with van der Waals surface area (Å²) in [5.41, 5.74) is 5.84. The zero-order valence-corrected chi connectivity index (χ0v) is 27.1. The van der Waals surface area contributed by atoms with E-state index in [1.54, 1.807) is 6.92 Å². The van der Waals surface area contributed by atoms with Gasteiger partial charge in [-0.15, -0.1) is 0 Å². The molecule has 10 nitrogen and oxygen atoms in total. The molecule has 2 N–H and O–H groups in total. The lowest BCUT2D eigenvalue weighted by Gasteiger charge is -2.41. The summed E-state index contributed by atoms with van der Waals surface area (Å²) in [6.45, 7) is 7.07. The zero-order chi connectivity index (χ0) is 32.8. The van der Waals surface area contributed by atoms with E-state index in [0.29, 0.717) is 19.8 Å². The van der Waals surface area contributed by atoms with E-state index in [1.807, 2.05) is 60.7 Å². The highest BCUT2D eigenvalue weighted by Crippen LogP contribution is 2.39. The molecule has 1 spiro atoms. The average molecular weight is 645 g/mol. The first-order chi connectivity index (χ1) is 22.8. The van der Waals surface area contributed by atoms with Gasteiger partial charge in [0.05, 0.1) is 32.0 Å². The third kappa shape index (κ3) is 8.45. The largest absolute Gasteiger partial charge is 0.453 e. The molecule has 6 rings (SSSR count). The maximum atomic E-state index is 12.3. The number of benzene rings is 3. The van der Waals surface area contributed by atoms with Crippen LogP contribution in [0.5, 0.6) is 0 Å². The minimum Gasteiger partial charge on any atom is -0.453 e. The number of nitrogens with zero attached hydrogens (tertiary/aromatic N) is 1. The number of likely N-dealkylation sites (tertiary alicyclic amines) is 1. The number of aliphatic hydroxyl groups excluding tert-OH is 1. The fourth-order valence-corrected chi connectivity index (χ4v) is 6.51. The molecule has 3 aliphatic rings. The summed E-state index contributed by atoms with van der Waals surface area (Å²) in [5.74, 6) is -1.25. The number of hydrogen-bond acceptors (Lipinski definition) is 9. The summed E-state index contributed by atoms with van der Waals surface area (Å²) in [7, 11) is 0. The second kappa shape index (κ2) is 15.1. The summed E-state index contributed by atoms with van der Waals surface area (Å²) < 4.78 is 30.0. The number of carbonyl (C=O) groups excluding carboxylic acids is 2. The van der Waals surface area contributed by atoms with E-state index >= 15 is 0 Å². The van der Waals surface area contributed by atoms with Crippen LogP contribution in [0.2, 0.25) is 0 Å². The molecule has 3 fully saturated rings. The van der Waals surface area contributed by atoms with E-state index in [-0.39, 0.29) is 24.7 Å². The molecule has 0 saturated carbocycles. The molecule has 4 atom stereocenters. The Morgan fingerprint density at radius 1 is 0.936 bits per heavy atom. The van der Waals surface area contributed by atoms with E-state index in [1.165, 1.54) is 6.92 Å². The summed E-state index contributed by atoms with van der Waals surface area (Å²) in [6, 6.07) is 24.1. The molecule has 3 aromatic rings. The quantitative estimate of drug-likeness (QED) is 0.301. The van der Waals surface area contributed by atoms with Gasteiger partial charge in [0.15, 0.2) is 18.2 Å². The normalized spacial score (nSPS) is 23.3. The van der Waals surface area contributed by atoms with Crippen molar-refractivity contribution in [3.8, 4) is 11.1 Å². The Labute approximate surface area is 275 Å². The van der Waals surface area contributed by atoms with Crippen molar-refractivity contribution in [1.29, 1.82) is 0 Å². The van der Waals surface area contributed by atoms with E-state index in [9.17, 15) is 14.7 Å². The lowest BCUT2D eigenvalue weighted by Crippen LogP contribution is -2.48. The maximum Gasteiger partial charge on any atom is 0.303 e. The monoisotopic (exact) mass is 644 g/mol. The minimum atomic E-state index is -0.848. The number of amides is 1. The van der Waals surface area contributed by atoms with Crippen LogP contribution in [0.1, 0.15) is 67.8 Å². The number of hydrogen-bond donors (Lipinski definition) is 2. The molecule has 47 heavy (non-hydrogen) atoms. The molecule has 0 aromatic heterocycles. The van der Waals surface area contributed by atoms with Gasteiger partial charge in [-0.1, -0.05) is 66.7 Å². The third-order valence-corrected chi connectivity index (χ3v) is 9.13. The number of piperidine rings is 1. The van der Waals surface area contributed by atoms with Gasteiger partial charge in [0, 0.05) is 57.9 Å². The van der Waals surface area contributed by atoms with Gasteiger partial charge in [-0.3, -0.25) is 9.59 Å². The van der Waals surface area contributed by atoms with Crippen LogP contribution in [0, 0.1) is 0 Å². The van der Waals surface area contributed by atoms with Gasteiger partial charge in [0.1, 0.15) is 0 Å². The lowest BCUT2D eigenvalue weighted by molar-refractivity contribution is -0.255. The molecule has 3 heterocycles. The molecular weight excluding hydrogens is 600 g/mol. The Bertz CT molecular complexity index is 1500. The molecule has 10 heteroatoms. The highest BCUT2D eigenvalue weighted by atomic mass is 16.7. The fourth-order valence-electron chi connectivity index (χ4n) is 6.51. The molecule has 1 amide bonds. The van der Waals surface area contributed by atoms with Gasteiger partial charge < -0.3 is 39.0 Å². The van der Waals surface area contributed by atoms with Crippen LogP contribution in [-0.4, -0.2) is 72.7 Å². The zero-order valence-electron chi connectivity index (χ0n) is 27.1. The van der Waals surface area contributed by atoms with Crippen molar-refractivity contribution < 1.29 is 38.4 Å². The van der Waals surface area contributed by atoms with E-state index in [4.69, 9.17) is 23.7 Å². The van der Waals surface area contributed by atoms with E-state index in [0.717, 1.165) is 72.3 Å². The Morgan fingerprint density at radius 3 is 2.32 bits per heavy atom. The summed E-state index contributed by atoms with van der Waals surface area (Å²) in [4.78, 5) is 25.9. The van der Waals surface area contributed by atoms with Crippen molar-refractivity contribution in [2.75, 3.05) is 32.8 Å². The second-order valence-electron chi connectivity index (χ2n) is 12.6. The predicted octanol–water partition coefficient (Wildman–Crippen LogP) is 4.80. The molecular formula is C37H44N2O8. The van der Waals surface area contributed by atoms with Gasteiger partial charge >= 0.3 is 5.97 Å². The molecule has 0 bridgehead atoms. The molecule has 3 aliphatic heterocycles. The van der Waals surface area contributed by atoms with Gasteiger partial charge in [-0.05, 0) is 40.8 Å². The first-order valence-electron chi connectivity index (χ1n) is 16.4. The van der Waals surface area contributed by atoms with Gasteiger partial charge in [-0.25, -0.2) is 0 Å². The summed E-state index contributed by atoms with van der Waals surface area (Å²) in [5, 5.41) is 12.4. The van der Waals surface area contributed by atoms with Crippen LogP contribution in [0.15, 0.2) is 72.8 Å². The molecule has 3 saturated heterocycles. The Kier molecular flexibility index (Phi) is 10.7. The van der Waals surface area contributed by atoms with Crippen molar-refractivity contribution in [2.24, 2.45) is 0 Å². The van der Waals surface area contributed by atoms with Crippen molar-refractivity contribution in [3.05, 3.63) is 95.1 Å².